The van der Waals surface area contributed by atoms with Gasteiger partial charge in [-0.15, -0.1) is 0 Å². The fourth-order valence-electron chi connectivity index (χ4n) is 7.27. The standard InChI is InChI=1S/C20H31FO3/c1-17-8-6-13(22)10-12(17)4-5-15-14-7-9-19(3,24)18(14,2)11-16(23)20(15,17)21/h12,14-16,23-24H,4-11H2,1-3H3/t12-,14+,15+,16+,17+,18+,19-,20+/m1/s1. The molecule has 4 rings (SSSR count). The molecule has 0 aromatic rings. The molecule has 0 unspecified atom stereocenters. The second-order valence-corrected chi connectivity index (χ2v) is 9.87. The average Bonchev–Trinajstić information content (AvgIpc) is 2.72. The molecular formula is C20H31FO3. The van der Waals surface area contributed by atoms with E-state index in [0.717, 1.165) is 19.3 Å². The predicted octanol–water partition coefficient (Wildman–Crippen LogP) is 3.41. The lowest BCUT2D eigenvalue weighted by Gasteiger charge is -2.65. The van der Waals surface area contributed by atoms with Gasteiger partial charge >= 0.3 is 0 Å². The SMILES string of the molecule is C[C@]12CCC(=O)C[C@H]1CC[C@H]1[C@@H]3CC[C@@](C)(O)[C@@]3(C)C[C@H](O)[C@@]12F. The van der Waals surface area contributed by atoms with Crippen LogP contribution in [-0.2, 0) is 4.79 Å². The van der Waals surface area contributed by atoms with Gasteiger partial charge in [0, 0.05) is 23.7 Å². The van der Waals surface area contributed by atoms with Crippen molar-refractivity contribution in [2.45, 2.75) is 89.5 Å². The first kappa shape index (κ1) is 17.0. The summed E-state index contributed by atoms with van der Waals surface area (Å²) in [6.07, 6.45) is 3.89. The number of rotatable bonds is 0. The highest BCUT2D eigenvalue weighted by Crippen LogP contribution is 2.70. The number of aliphatic hydroxyl groups is 2. The van der Waals surface area contributed by atoms with E-state index in [9.17, 15) is 15.0 Å². The van der Waals surface area contributed by atoms with Crippen LogP contribution in [0.25, 0.3) is 0 Å². The van der Waals surface area contributed by atoms with E-state index < -0.39 is 28.2 Å². The van der Waals surface area contributed by atoms with E-state index in [1.165, 1.54) is 0 Å². The van der Waals surface area contributed by atoms with Gasteiger partial charge in [0.25, 0.3) is 0 Å². The molecule has 0 spiro atoms. The summed E-state index contributed by atoms with van der Waals surface area (Å²) in [5.74, 6) is 0.227. The van der Waals surface area contributed by atoms with E-state index in [1.807, 2.05) is 20.8 Å². The zero-order chi connectivity index (χ0) is 17.5. The maximum atomic E-state index is 16.7. The molecule has 4 heteroatoms. The summed E-state index contributed by atoms with van der Waals surface area (Å²) in [6, 6.07) is 0. The van der Waals surface area contributed by atoms with Gasteiger partial charge in [-0.2, -0.15) is 0 Å². The summed E-state index contributed by atoms with van der Waals surface area (Å²) >= 11 is 0. The Bertz CT molecular complexity index is 575. The molecule has 4 aliphatic rings. The second kappa shape index (κ2) is 4.82. The number of aliphatic hydroxyl groups excluding tert-OH is 1. The molecule has 4 saturated carbocycles. The summed E-state index contributed by atoms with van der Waals surface area (Å²) in [4.78, 5) is 11.9. The van der Waals surface area contributed by atoms with Crippen LogP contribution < -0.4 is 0 Å². The van der Waals surface area contributed by atoms with Crippen LogP contribution in [0.2, 0.25) is 0 Å². The molecule has 0 saturated heterocycles. The van der Waals surface area contributed by atoms with Crippen molar-refractivity contribution in [3.05, 3.63) is 0 Å². The number of hydrogen-bond acceptors (Lipinski definition) is 3. The minimum atomic E-state index is -1.62. The van der Waals surface area contributed by atoms with Crippen molar-refractivity contribution >= 4 is 5.78 Å². The maximum absolute atomic E-state index is 16.7. The number of Topliss-reactive ketones (excluding diaryl/α,β-unsaturated/α-hetero) is 1. The highest BCUT2D eigenvalue weighted by molar-refractivity contribution is 5.79. The smallest absolute Gasteiger partial charge is 0.145 e. The molecule has 0 aromatic carbocycles. The maximum Gasteiger partial charge on any atom is 0.145 e. The van der Waals surface area contributed by atoms with Crippen molar-refractivity contribution in [1.82, 2.24) is 0 Å². The molecule has 0 radical (unpaired) electrons. The van der Waals surface area contributed by atoms with Crippen molar-refractivity contribution < 1.29 is 19.4 Å². The number of halogens is 1. The highest BCUT2D eigenvalue weighted by Gasteiger charge is 2.73. The Hall–Kier alpha value is -0.480. The quantitative estimate of drug-likeness (QED) is 0.711. The van der Waals surface area contributed by atoms with Gasteiger partial charge in [-0.05, 0) is 63.2 Å². The molecule has 0 heterocycles. The molecule has 3 nitrogen and oxygen atoms in total. The van der Waals surface area contributed by atoms with E-state index in [4.69, 9.17) is 0 Å². The van der Waals surface area contributed by atoms with Crippen LogP contribution in [0.15, 0.2) is 0 Å². The lowest BCUT2D eigenvalue weighted by molar-refractivity contribution is -0.254. The number of alkyl halides is 1. The Morgan fingerprint density at radius 1 is 1.04 bits per heavy atom. The molecule has 4 aliphatic carbocycles. The molecule has 8 atom stereocenters. The molecule has 0 amide bonds. The Morgan fingerprint density at radius 2 is 1.75 bits per heavy atom. The van der Waals surface area contributed by atoms with E-state index >= 15 is 4.39 Å². The highest BCUT2D eigenvalue weighted by atomic mass is 19.1. The summed E-state index contributed by atoms with van der Waals surface area (Å²) in [5.41, 5.74) is -3.49. The number of fused-ring (bicyclic) bond motifs is 5. The number of hydrogen-bond donors (Lipinski definition) is 2. The van der Waals surface area contributed by atoms with E-state index in [0.29, 0.717) is 32.1 Å². The zero-order valence-corrected chi connectivity index (χ0v) is 15.1. The van der Waals surface area contributed by atoms with Gasteiger partial charge in [-0.3, -0.25) is 4.79 Å². The Labute approximate surface area is 144 Å². The number of carbonyl (C=O) groups excluding carboxylic acids is 1. The Morgan fingerprint density at radius 3 is 2.46 bits per heavy atom. The summed E-state index contributed by atoms with van der Waals surface area (Å²) < 4.78 is 16.7. The van der Waals surface area contributed by atoms with Crippen LogP contribution in [0.4, 0.5) is 4.39 Å². The van der Waals surface area contributed by atoms with Crippen molar-refractivity contribution in [3.8, 4) is 0 Å². The average molecular weight is 338 g/mol. The molecule has 2 N–H and O–H groups in total. The molecule has 0 aromatic heterocycles. The van der Waals surface area contributed by atoms with Crippen LogP contribution >= 0.6 is 0 Å². The third-order valence-corrected chi connectivity index (χ3v) is 9.12. The van der Waals surface area contributed by atoms with Gasteiger partial charge in [0.15, 0.2) is 0 Å². The Balaban J connectivity index is 1.77. The molecule has 0 aliphatic heterocycles. The molecule has 0 bridgehead atoms. The summed E-state index contributed by atoms with van der Waals surface area (Å²) in [6.45, 7) is 5.89. The van der Waals surface area contributed by atoms with Crippen LogP contribution in [0.3, 0.4) is 0 Å². The van der Waals surface area contributed by atoms with Gasteiger partial charge in [-0.1, -0.05) is 13.8 Å². The second-order valence-electron chi connectivity index (χ2n) is 9.87. The number of carbonyl (C=O) groups is 1. The fourth-order valence-corrected chi connectivity index (χ4v) is 7.27. The normalized spacial score (nSPS) is 60.3. The molecule has 24 heavy (non-hydrogen) atoms. The van der Waals surface area contributed by atoms with Crippen LogP contribution in [0.5, 0.6) is 0 Å². The van der Waals surface area contributed by atoms with Crippen LogP contribution in [0, 0.1) is 28.6 Å². The van der Waals surface area contributed by atoms with Crippen molar-refractivity contribution in [1.29, 1.82) is 0 Å². The van der Waals surface area contributed by atoms with Crippen molar-refractivity contribution in [2.24, 2.45) is 28.6 Å². The fraction of sp³-hybridized carbons (Fsp3) is 0.950. The Kier molecular flexibility index (Phi) is 3.41. The van der Waals surface area contributed by atoms with Gasteiger partial charge in [0.05, 0.1) is 11.7 Å². The summed E-state index contributed by atoms with van der Waals surface area (Å²) in [5, 5.41) is 21.9. The van der Waals surface area contributed by atoms with E-state index in [-0.39, 0.29) is 23.5 Å². The van der Waals surface area contributed by atoms with Gasteiger partial charge in [0.1, 0.15) is 11.5 Å². The van der Waals surface area contributed by atoms with E-state index in [2.05, 4.69) is 0 Å². The minimum absolute atomic E-state index is 0.0564. The third-order valence-electron chi connectivity index (χ3n) is 9.12. The number of ketones is 1. The van der Waals surface area contributed by atoms with Crippen LogP contribution in [-0.4, -0.2) is 33.4 Å². The molecular weight excluding hydrogens is 307 g/mol. The summed E-state index contributed by atoms with van der Waals surface area (Å²) in [7, 11) is 0. The molecule has 4 fully saturated rings. The van der Waals surface area contributed by atoms with Crippen LogP contribution in [0.1, 0.15) is 72.1 Å². The first-order valence-electron chi connectivity index (χ1n) is 9.67. The third kappa shape index (κ3) is 1.77. The minimum Gasteiger partial charge on any atom is -0.390 e. The topological polar surface area (TPSA) is 57.5 Å². The van der Waals surface area contributed by atoms with Gasteiger partial charge in [-0.25, -0.2) is 4.39 Å². The predicted molar refractivity (Wildman–Crippen MR) is 89.1 cm³/mol. The first-order chi connectivity index (χ1) is 11.1. The molecule has 136 valence electrons. The monoisotopic (exact) mass is 338 g/mol. The van der Waals surface area contributed by atoms with Crippen molar-refractivity contribution in [2.75, 3.05) is 0 Å². The van der Waals surface area contributed by atoms with Gasteiger partial charge < -0.3 is 10.2 Å². The lowest BCUT2D eigenvalue weighted by atomic mass is 9.42. The zero-order valence-electron chi connectivity index (χ0n) is 15.1. The lowest BCUT2D eigenvalue weighted by Crippen LogP contribution is -2.70. The van der Waals surface area contributed by atoms with Gasteiger partial charge in [0.2, 0.25) is 0 Å². The van der Waals surface area contributed by atoms with E-state index in [1.54, 1.807) is 0 Å². The largest absolute Gasteiger partial charge is 0.390 e. The van der Waals surface area contributed by atoms with Crippen molar-refractivity contribution in [3.63, 3.8) is 0 Å². The first-order valence-corrected chi connectivity index (χ1v) is 9.67.